The van der Waals surface area contributed by atoms with E-state index in [9.17, 15) is 0 Å². The average molecular weight is 429 g/mol. The van der Waals surface area contributed by atoms with Gasteiger partial charge in [0.1, 0.15) is 16.5 Å². The summed E-state index contributed by atoms with van der Waals surface area (Å²) in [4.78, 5) is 21.1. The van der Waals surface area contributed by atoms with Crippen LogP contribution in [0.3, 0.4) is 0 Å². The highest BCUT2D eigenvalue weighted by molar-refractivity contribution is 7.17. The third kappa shape index (κ3) is 4.00. The van der Waals surface area contributed by atoms with Crippen LogP contribution < -0.4 is 5.32 Å². The third-order valence-corrected chi connectivity index (χ3v) is 5.50. The number of fused-ring (bicyclic) bond motifs is 1. The monoisotopic (exact) mass is 428 g/mol. The largest absolute Gasteiger partial charge is 0.337 e. The normalized spacial score (nSPS) is 11.3. The lowest BCUT2D eigenvalue weighted by Crippen LogP contribution is -2.14. The molecule has 0 aliphatic carbocycles. The number of anilines is 2. The summed E-state index contributed by atoms with van der Waals surface area (Å²) in [6, 6.07) is 12.1. The van der Waals surface area contributed by atoms with E-state index in [0.717, 1.165) is 38.7 Å². The molecule has 0 amide bonds. The van der Waals surface area contributed by atoms with Crippen molar-refractivity contribution < 1.29 is 0 Å². The van der Waals surface area contributed by atoms with Crippen LogP contribution in [0.15, 0.2) is 66.6 Å². The molecule has 5 aromatic rings. The van der Waals surface area contributed by atoms with Crippen molar-refractivity contribution in [1.29, 1.82) is 0 Å². The van der Waals surface area contributed by atoms with Gasteiger partial charge >= 0.3 is 0 Å². The summed E-state index contributed by atoms with van der Waals surface area (Å²) in [5.74, 6) is 2.04. The SMILES string of the molecule is CN(C)Cc1nc(Nc2cnn(-c3ncccn3)c2)c2c(-c3ccccc3)csc2n1. The minimum Gasteiger partial charge on any atom is -0.337 e. The van der Waals surface area contributed by atoms with Gasteiger partial charge in [-0.3, -0.25) is 0 Å². The van der Waals surface area contributed by atoms with Crippen molar-refractivity contribution in [1.82, 2.24) is 34.6 Å². The predicted octanol–water partition coefficient (Wildman–Crippen LogP) is 4.14. The molecular formula is C22H20N8S. The molecule has 0 aliphatic rings. The molecule has 0 spiro atoms. The maximum Gasteiger partial charge on any atom is 0.250 e. The van der Waals surface area contributed by atoms with Crippen molar-refractivity contribution in [3.8, 4) is 17.1 Å². The fraction of sp³-hybridized carbons (Fsp3) is 0.136. The Morgan fingerprint density at radius 3 is 2.61 bits per heavy atom. The fourth-order valence-corrected chi connectivity index (χ4v) is 4.27. The standard InChI is InChI=1S/C22H20N8S/c1-29(2)13-18-27-20(26-16-11-25-30(12-16)22-23-9-6-10-24-22)19-17(14-31-21(19)28-18)15-7-4-3-5-8-15/h3-12,14H,13H2,1-2H3,(H,26,27,28). The zero-order chi connectivity index (χ0) is 21.2. The lowest BCUT2D eigenvalue weighted by Gasteiger charge is -2.12. The summed E-state index contributed by atoms with van der Waals surface area (Å²) in [5.41, 5.74) is 3.04. The molecule has 31 heavy (non-hydrogen) atoms. The molecule has 1 N–H and O–H groups in total. The number of aromatic nitrogens is 6. The summed E-state index contributed by atoms with van der Waals surface area (Å²) < 4.78 is 1.63. The van der Waals surface area contributed by atoms with Crippen LogP contribution in [-0.2, 0) is 6.54 Å². The quantitative estimate of drug-likeness (QED) is 0.435. The van der Waals surface area contributed by atoms with Gasteiger partial charge in [0.15, 0.2) is 0 Å². The first-order valence-corrected chi connectivity index (χ1v) is 10.6. The van der Waals surface area contributed by atoms with Crippen molar-refractivity contribution in [2.24, 2.45) is 0 Å². The van der Waals surface area contributed by atoms with Gasteiger partial charge < -0.3 is 10.2 Å². The molecule has 0 saturated carbocycles. The van der Waals surface area contributed by atoms with Crippen molar-refractivity contribution in [3.05, 3.63) is 72.4 Å². The number of nitrogens with one attached hydrogen (secondary N) is 1. The van der Waals surface area contributed by atoms with Gasteiger partial charge in [0.05, 0.1) is 30.0 Å². The molecule has 0 saturated heterocycles. The van der Waals surface area contributed by atoms with E-state index in [-0.39, 0.29) is 0 Å². The van der Waals surface area contributed by atoms with Crippen LogP contribution in [0.2, 0.25) is 0 Å². The highest BCUT2D eigenvalue weighted by Crippen LogP contribution is 2.38. The fourth-order valence-electron chi connectivity index (χ4n) is 3.30. The topological polar surface area (TPSA) is 84.7 Å². The second kappa shape index (κ2) is 8.21. The molecule has 0 unspecified atom stereocenters. The zero-order valence-electron chi connectivity index (χ0n) is 17.1. The molecule has 0 aliphatic heterocycles. The molecule has 1 aromatic carbocycles. The van der Waals surface area contributed by atoms with E-state index in [1.165, 1.54) is 0 Å². The Kier molecular flexibility index (Phi) is 5.11. The summed E-state index contributed by atoms with van der Waals surface area (Å²) in [6.07, 6.45) is 6.97. The highest BCUT2D eigenvalue weighted by atomic mass is 32.1. The summed E-state index contributed by atoms with van der Waals surface area (Å²) in [6.45, 7) is 0.653. The van der Waals surface area contributed by atoms with Crippen LogP contribution in [0.5, 0.6) is 0 Å². The zero-order valence-corrected chi connectivity index (χ0v) is 17.9. The number of hydrogen-bond donors (Lipinski definition) is 1. The van der Waals surface area contributed by atoms with Gasteiger partial charge in [0, 0.05) is 23.3 Å². The van der Waals surface area contributed by atoms with Gasteiger partial charge in [-0.15, -0.1) is 11.3 Å². The number of benzene rings is 1. The minimum absolute atomic E-state index is 0.511. The molecule has 0 atom stereocenters. The summed E-state index contributed by atoms with van der Waals surface area (Å²) in [5, 5.41) is 11.0. The molecule has 0 fully saturated rings. The van der Waals surface area contributed by atoms with Crippen LogP contribution in [-0.4, -0.2) is 48.7 Å². The van der Waals surface area contributed by atoms with Crippen LogP contribution >= 0.6 is 11.3 Å². The van der Waals surface area contributed by atoms with E-state index in [2.05, 4.69) is 42.8 Å². The Morgan fingerprint density at radius 1 is 1.03 bits per heavy atom. The number of hydrogen-bond acceptors (Lipinski definition) is 8. The number of thiophene rings is 1. The highest BCUT2D eigenvalue weighted by Gasteiger charge is 2.17. The molecule has 8 nitrogen and oxygen atoms in total. The lowest BCUT2D eigenvalue weighted by atomic mass is 10.1. The smallest absolute Gasteiger partial charge is 0.250 e. The predicted molar refractivity (Wildman–Crippen MR) is 123 cm³/mol. The number of rotatable bonds is 6. The Morgan fingerprint density at radius 2 is 1.84 bits per heavy atom. The molecule has 154 valence electrons. The molecule has 4 aromatic heterocycles. The molecular weight excluding hydrogens is 408 g/mol. The van der Waals surface area contributed by atoms with E-state index in [4.69, 9.17) is 9.97 Å². The number of nitrogens with zero attached hydrogens (tertiary/aromatic N) is 7. The first kappa shape index (κ1) is 19.3. The van der Waals surface area contributed by atoms with Crippen molar-refractivity contribution in [2.45, 2.75) is 6.54 Å². The maximum atomic E-state index is 4.85. The first-order valence-electron chi connectivity index (χ1n) is 9.75. The van der Waals surface area contributed by atoms with E-state index in [1.54, 1.807) is 40.7 Å². The van der Waals surface area contributed by atoms with Crippen LogP contribution in [0.1, 0.15) is 5.82 Å². The summed E-state index contributed by atoms with van der Waals surface area (Å²) in [7, 11) is 4.02. The van der Waals surface area contributed by atoms with Gasteiger partial charge in [0.25, 0.3) is 0 Å². The van der Waals surface area contributed by atoms with Crippen LogP contribution in [0.25, 0.3) is 27.3 Å². The molecule has 0 radical (unpaired) electrons. The van der Waals surface area contributed by atoms with Crippen LogP contribution in [0.4, 0.5) is 11.5 Å². The Bertz CT molecular complexity index is 1310. The van der Waals surface area contributed by atoms with E-state index in [0.29, 0.717) is 12.5 Å². The van der Waals surface area contributed by atoms with Gasteiger partial charge in [0.2, 0.25) is 5.95 Å². The molecule has 5 rings (SSSR count). The van der Waals surface area contributed by atoms with E-state index in [1.807, 2.05) is 38.5 Å². The minimum atomic E-state index is 0.511. The van der Waals surface area contributed by atoms with Crippen LogP contribution in [0, 0.1) is 0 Å². The van der Waals surface area contributed by atoms with Gasteiger partial charge in [-0.25, -0.2) is 24.6 Å². The average Bonchev–Trinajstić information content (AvgIpc) is 3.42. The third-order valence-electron chi connectivity index (χ3n) is 4.62. The lowest BCUT2D eigenvalue weighted by molar-refractivity contribution is 0.391. The van der Waals surface area contributed by atoms with E-state index >= 15 is 0 Å². The van der Waals surface area contributed by atoms with Crippen molar-refractivity contribution >= 4 is 33.1 Å². The summed E-state index contributed by atoms with van der Waals surface area (Å²) >= 11 is 1.63. The van der Waals surface area contributed by atoms with Crippen molar-refractivity contribution in [2.75, 3.05) is 19.4 Å². The van der Waals surface area contributed by atoms with Gasteiger partial charge in [-0.2, -0.15) is 5.10 Å². The second-order valence-electron chi connectivity index (χ2n) is 7.27. The Hall–Kier alpha value is -3.69. The molecule has 0 bridgehead atoms. The Balaban J connectivity index is 1.59. The van der Waals surface area contributed by atoms with Gasteiger partial charge in [-0.05, 0) is 25.7 Å². The maximum absolute atomic E-state index is 4.85. The first-order chi connectivity index (χ1) is 15.2. The molecule has 4 heterocycles. The van der Waals surface area contributed by atoms with E-state index < -0.39 is 0 Å². The van der Waals surface area contributed by atoms with Crippen molar-refractivity contribution in [3.63, 3.8) is 0 Å². The Labute approximate surface area is 183 Å². The van der Waals surface area contributed by atoms with Gasteiger partial charge in [-0.1, -0.05) is 30.3 Å². The molecule has 9 heteroatoms. The second-order valence-corrected chi connectivity index (χ2v) is 8.13.